The van der Waals surface area contributed by atoms with Crippen molar-refractivity contribution in [3.8, 4) is 11.5 Å². The summed E-state index contributed by atoms with van der Waals surface area (Å²) >= 11 is 0. The number of carbonyl (C=O) groups is 1. The lowest BCUT2D eigenvalue weighted by molar-refractivity contribution is 0.0884. The maximum atomic E-state index is 11.8. The highest BCUT2D eigenvalue weighted by molar-refractivity contribution is 5.79. The molecule has 0 bridgehead atoms. The highest BCUT2D eigenvalue weighted by atomic mass is 16.4. The third kappa shape index (κ3) is 4.32. The molecular formula is C24H28N10O2. The summed E-state index contributed by atoms with van der Waals surface area (Å²) in [5, 5.41) is 19.9. The van der Waals surface area contributed by atoms with Gasteiger partial charge in [-0.1, -0.05) is 26.8 Å². The molecule has 0 aromatic carbocycles. The number of aryl methyl sites for hydroxylation is 1. The molecule has 0 spiro atoms. The molecule has 4 aromatic heterocycles. The summed E-state index contributed by atoms with van der Waals surface area (Å²) in [4.78, 5) is 31.1. The molecule has 1 unspecified atom stereocenters. The van der Waals surface area contributed by atoms with Gasteiger partial charge in [-0.25, -0.2) is 14.8 Å². The summed E-state index contributed by atoms with van der Waals surface area (Å²) in [7, 11) is 0. The molecule has 0 aliphatic carbocycles. The van der Waals surface area contributed by atoms with Gasteiger partial charge in [-0.3, -0.25) is 9.50 Å². The molecule has 1 atom stereocenters. The number of amides is 1. The second-order valence-corrected chi connectivity index (χ2v) is 9.85. The van der Waals surface area contributed by atoms with Gasteiger partial charge in [-0.2, -0.15) is 15.1 Å². The topological polar surface area (TPSA) is 163 Å². The first kappa shape index (κ1) is 23.3. The Kier molecular flexibility index (Phi) is 5.58. The fourth-order valence-electron chi connectivity index (χ4n) is 4.56. The zero-order valence-corrected chi connectivity index (χ0v) is 20.5. The number of nitrogen functional groups attached to an aromatic ring is 1. The number of hydrogen-bond donors (Lipinski definition) is 4. The molecule has 1 amide bonds. The van der Waals surface area contributed by atoms with Gasteiger partial charge < -0.3 is 21.1 Å². The van der Waals surface area contributed by atoms with E-state index in [4.69, 9.17) is 10.7 Å². The number of H-pyrrole nitrogens is 1. The SMILES string of the molecule is Cc1nc(N)nc(-c2c(Nc3cc[nH]n3)nc3cc(C4=CCN(C(=O)O)C(C(C)(C)C)C4)ccn23)n1. The Balaban J connectivity index is 1.60. The first-order chi connectivity index (χ1) is 17.1. The minimum atomic E-state index is -0.903. The summed E-state index contributed by atoms with van der Waals surface area (Å²) < 4.78 is 1.89. The molecule has 12 heteroatoms. The average molecular weight is 489 g/mol. The van der Waals surface area contributed by atoms with Crippen molar-refractivity contribution in [1.29, 1.82) is 0 Å². The van der Waals surface area contributed by atoms with Crippen molar-refractivity contribution in [1.82, 2.24) is 39.4 Å². The number of nitrogens with two attached hydrogens (primary N) is 1. The van der Waals surface area contributed by atoms with Crippen molar-refractivity contribution < 1.29 is 9.90 Å². The zero-order chi connectivity index (χ0) is 25.6. The number of nitrogens with zero attached hydrogens (tertiary/aromatic N) is 7. The Morgan fingerprint density at radius 1 is 1.22 bits per heavy atom. The molecule has 0 saturated carbocycles. The fraction of sp³-hybridized carbons (Fsp3) is 0.333. The van der Waals surface area contributed by atoms with E-state index in [1.165, 1.54) is 4.90 Å². The van der Waals surface area contributed by atoms with Crippen molar-refractivity contribution in [2.45, 2.75) is 40.2 Å². The lowest BCUT2D eigenvalue weighted by Gasteiger charge is -2.41. The number of hydrogen-bond acceptors (Lipinski definition) is 8. The summed E-state index contributed by atoms with van der Waals surface area (Å²) in [6.45, 7) is 8.29. The maximum absolute atomic E-state index is 11.8. The zero-order valence-electron chi connectivity index (χ0n) is 20.5. The van der Waals surface area contributed by atoms with E-state index in [1.807, 2.05) is 28.8 Å². The molecule has 5 rings (SSSR count). The number of aromatic amines is 1. The lowest BCUT2D eigenvalue weighted by Crippen LogP contribution is -2.48. The average Bonchev–Trinajstić information content (AvgIpc) is 3.44. The number of aromatic nitrogens is 7. The summed E-state index contributed by atoms with van der Waals surface area (Å²) in [6.07, 6.45) is 5.31. The van der Waals surface area contributed by atoms with Gasteiger partial charge in [0, 0.05) is 31.0 Å². The molecule has 5 N–H and O–H groups in total. The van der Waals surface area contributed by atoms with Gasteiger partial charge in [0.25, 0.3) is 0 Å². The van der Waals surface area contributed by atoms with Crippen LogP contribution < -0.4 is 11.1 Å². The van der Waals surface area contributed by atoms with Crippen LogP contribution in [0.1, 0.15) is 38.6 Å². The van der Waals surface area contributed by atoms with Crippen LogP contribution in [0.15, 0.2) is 36.7 Å². The van der Waals surface area contributed by atoms with Gasteiger partial charge in [0.05, 0.1) is 0 Å². The minimum absolute atomic E-state index is 0.123. The van der Waals surface area contributed by atoms with E-state index in [-0.39, 0.29) is 17.4 Å². The van der Waals surface area contributed by atoms with Gasteiger partial charge in [0.15, 0.2) is 17.5 Å². The van der Waals surface area contributed by atoms with Crippen molar-refractivity contribution in [3.63, 3.8) is 0 Å². The molecule has 186 valence electrons. The molecule has 1 aliphatic rings. The number of fused-ring (bicyclic) bond motifs is 1. The molecule has 36 heavy (non-hydrogen) atoms. The summed E-state index contributed by atoms with van der Waals surface area (Å²) in [6, 6.07) is 5.63. The van der Waals surface area contributed by atoms with E-state index >= 15 is 0 Å². The second kappa shape index (κ2) is 8.63. The molecule has 1 aliphatic heterocycles. The number of rotatable bonds is 4. The molecule has 0 radical (unpaired) electrons. The smallest absolute Gasteiger partial charge is 0.407 e. The number of nitrogens with one attached hydrogen (secondary N) is 2. The summed E-state index contributed by atoms with van der Waals surface area (Å²) in [5.74, 6) is 2.12. The van der Waals surface area contributed by atoms with Crippen LogP contribution in [0.4, 0.5) is 22.4 Å². The highest BCUT2D eigenvalue weighted by Gasteiger charge is 2.36. The fourth-order valence-corrected chi connectivity index (χ4v) is 4.56. The molecule has 12 nitrogen and oxygen atoms in total. The predicted molar refractivity (Wildman–Crippen MR) is 136 cm³/mol. The molecule has 0 saturated heterocycles. The molecule has 4 aromatic rings. The molecule has 5 heterocycles. The van der Waals surface area contributed by atoms with Crippen molar-refractivity contribution in [2.24, 2.45) is 5.41 Å². The Morgan fingerprint density at radius 2 is 2.03 bits per heavy atom. The standard InChI is InChI=1S/C24H28N10O2/c1-13-27-20(31-22(25)28-13)19-21(29-17-5-8-26-32-17)30-18-12-15(7-10-34(18)19)14-6-9-33(23(35)36)16(11-14)24(2,3)4/h5-8,10,12,16H,9,11H2,1-4H3,(H,35,36)(H2,26,29,32)(H2,25,27,28,31). The molecular weight excluding hydrogens is 460 g/mol. The van der Waals surface area contributed by atoms with Gasteiger partial charge in [-0.05, 0) is 42.0 Å². The molecule has 0 fully saturated rings. The van der Waals surface area contributed by atoms with Gasteiger partial charge in [0.2, 0.25) is 5.95 Å². The predicted octanol–water partition coefficient (Wildman–Crippen LogP) is 3.73. The van der Waals surface area contributed by atoms with Gasteiger partial charge >= 0.3 is 6.09 Å². The largest absolute Gasteiger partial charge is 0.465 e. The first-order valence-corrected chi connectivity index (χ1v) is 11.6. The summed E-state index contributed by atoms with van der Waals surface area (Å²) in [5.41, 5.74) is 9.07. The highest BCUT2D eigenvalue weighted by Crippen LogP contribution is 2.37. The van der Waals surface area contributed by atoms with Gasteiger partial charge in [-0.15, -0.1) is 0 Å². The monoisotopic (exact) mass is 488 g/mol. The third-order valence-electron chi connectivity index (χ3n) is 6.29. The Morgan fingerprint density at radius 3 is 2.69 bits per heavy atom. The van der Waals surface area contributed by atoms with Crippen LogP contribution >= 0.6 is 0 Å². The van der Waals surface area contributed by atoms with E-state index in [0.717, 1.165) is 11.1 Å². The number of carboxylic acid groups (broad SMARTS) is 1. The van der Waals surface area contributed by atoms with Crippen LogP contribution in [-0.4, -0.2) is 63.2 Å². The maximum Gasteiger partial charge on any atom is 0.407 e. The Hall–Kier alpha value is -4.48. The van der Waals surface area contributed by atoms with Crippen LogP contribution in [0.3, 0.4) is 0 Å². The van der Waals surface area contributed by atoms with E-state index in [0.29, 0.717) is 47.6 Å². The van der Waals surface area contributed by atoms with E-state index in [1.54, 1.807) is 19.2 Å². The lowest BCUT2D eigenvalue weighted by atomic mass is 9.79. The van der Waals surface area contributed by atoms with Crippen molar-refractivity contribution in [2.75, 3.05) is 17.6 Å². The Labute approximate surface area is 207 Å². The van der Waals surface area contributed by atoms with Crippen molar-refractivity contribution in [3.05, 3.63) is 48.1 Å². The third-order valence-corrected chi connectivity index (χ3v) is 6.29. The van der Waals surface area contributed by atoms with Crippen molar-refractivity contribution >= 4 is 34.9 Å². The number of anilines is 3. The van der Waals surface area contributed by atoms with E-state index in [2.05, 4.69) is 51.2 Å². The van der Waals surface area contributed by atoms with E-state index in [9.17, 15) is 9.90 Å². The van der Waals surface area contributed by atoms with Crippen LogP contribution in [0.25, 0.3) is 22.7 Å². The minimum Gasteiger partial charge on any atom is -0.465 e. The number of pyridine rings is 1. The Bertz CT molecular complexity index is 1450. The van der Waals surface area contributed by atoms with Crippen LogP contribution in [0.5, 0.6) is 0 Å². The second-order valence-electron chi connectivity index (χ2n) is 9.85. The normalized spacial score (nSPS) is 16.3. The number of imidazole rings is 1. The quantitative estimate of drug-likeness (QED) is 0.335. The van der Waals surface area contributed by atoms with Crippen LogP contribution in [0, 0.1) is 12.3 Å². The van der Waals surface area contributed by atoms with Crippen LogP contribution in [0.2, 0.25) is 0 Å². The first-order valence-electron chi connectivity index (χ1n) is 11.6. The van der Waals surface area contributed by atoms with E-state index < -0.39 is 6.09 Å². The van der Waals surface area contributed by atoms with Crippen LogP contribution in [-0.2, 0) is 0 Å². The van der Waals surface area contributed by atoms with Gasteiger partial charge in [0.1, 0.15) is 17.2 Å².